The highest BCUT2D eigenvalue weighted by Crippen LogP contribution is 2.28. The van der Waals surface area contributed by atoms with E-state index >= 15 is 0 Å². The van der Waals surface area contributed by atoms with Crippen molar-refractivity contribution in [2.75, 3.05) is 59.7 Å². The molecule has 1 saturated carbocycles. The molecule has 1 saturated heterocycles. The number of morpholine rings is 1. The lowest BCUT2D eigenvalue weighted by molar-refractivity contribution is 0.0170. The summed E-state index contributed by atoms with van der Waals surface area (Å²) in [7, 11) is 1.78. The van der Waals surface area contributed by atoms with Gasteiger partial charge >= 0.3 is 0 Å². The molecule has 0 spiro atoms. The SMILES string of the molecule is CN=C(NCCCOCC1CC1)NCC(c1ccc(F)cc1)N1CCOCC1.I. The lowest BCUT2D eigenvalue weighted by Crippen LogP contribution is -2.46. The number of hydrogen-bond donors (Lipinski definition) is 2. The van der Waals surface area contributed by atoms with E-state index in [4.69, 9.17) is 9.47 Å². The average molecular weight is 520 g/mol. The molecule has 0 amide bonds. The van der Waals surface area contributed by atoms with E-state index in [-0.39, 0.29) is 35.8 Å². The Labute approximate surface area is 190 Å². The van der Waals surface area contributed by atoms with Crippen molar-refractivity contribution >= 4 is 29.9 Å². The molecular formula is C21H34FIN4O2. The largest absolute Gasteiger partial charge is 0.381 e. The van der Waals surface area contributed by atoms with Crippen molar-refractivity contribution in [3.8, 4) is 0 Å². The zero-order valence-corrected chi connectivity index (χ0v) is 19.6. The molecule has 8 heteroatoms. The van der Waals surface area contributed by atoms with Gasteiger partial charge in [-0.2, -0.15) is 0 Å². The number of nitrogens with zero attached hydrogens (tertiary/aromatic N) is 2. The Balaban J connectivity index is 0.00000300. The summed E-state index contributed by atoms with van der Waals surface area (Å²) in [5.74, 6) is 1.38. The topological polar surface area (TPSA) is 58.1 Å². The molecule has 1 aromatic rings. The van der Waals surface area contributed by atoms with Crippen LogP contribution in [0.25, 0.3) is 0 Å². The molecule has 164 valence electrons. The van der Waals surface area contributed by atoms with Gasteiger partial charge in [0, 0.05) is 46.4 Å². The summed E-state index contributed by atoms with van der Waals surface area (Å²) in [4.78, 5) is 6.70. The van der Waals surface area contributed by atoms with Crippen molar-refractivity contribution in [2.24, 2.45) is 10.9 Å². The third kappa shape index (κ3) is 8.74. The number of guanidine groups is 1. The number of hydrogen-bond acceptors (Lipinski definition) is 4. The maximum absolute atomic E-state index is 13.3. The molecule has 3 rings (SSSR count). The Hall–Kier alpha value is -0.970. The van der Waals surface area contributed by atoms with Crippen LogP contribution in [0.4, 0.5) is 4.39 Å². The molecule has 29 heavy (non-hydrogen) atoms. The van der Waals surface area contributed by atoms with Crippen LogP contribution in [0, 0.1) is 11.7 Å². The van der Waals surface area contributed by atoms with E-state index in [1.54, 1.807) is 7.05 Å². The van der Waals surface area contributed by atoms with Crippen LogP contribution in [-0.4, -0.2) is 70.5 Å². The van der Waals surface area contributed by atoms with E-state index in [9.17, 15) is 4.39 Å². The number of ether oxygens (including phenoxy) is 2. The summed E-state index contributed by atoms with van der Waals surface area (Å²) in [6.07, 6.45) is 3.61. The molecule has 2 aliphatic rings. The first-order valence-electron chi connectivity index (χ1n) is 10.4. The Morgan fingerprint density at radius 3 is 2.62 bits per heavy atom. The zero-order chi connectivity index (χ0) is 19.6. The summed E-state index contributed by atoms with van der Waals surface area (Å²) in [5.41, 5.74) is 1.10. The Morgan fingerprint density at radius 1 is 1.24 bits per heavy atom. The summed E-state index contributed by atoms with van der Waals surface area (Å²) >= 11 is 0. The van der Waals surface area contributed by atoms with Crippen molar-refractivity contribution in [1.82, 2.24) is 15.5 Å². The van der Waals surface area contributed by atoms with E-state index in [1.807, 2.05) is 12.1 Å². The first kappa shape index (κ1) is 24.3. The van der Waals surface area contributed by atoms with Gasteiger partial charge in [-0.25, -0.2) is 4.39 Å². The molecule has 6 nitrogen and oxygen atoms in total. The van der Waals surface area contributed by atoms with Gasteiger partial charge in [-0.1, -0.05) is 12.1 Å². The molecule has 2 fully saturated rings. The third-order valence-corrected chi connectivity index (χ3v) is 5.24. The van der Waals surface area contributed by atoms with E-state index in [0.29, 0.717) is 6.54 Å². The quantitative estimate of drug-likeness (QED) is 0.215. The van der Waals surface area contributed by atoms with Crippen molar-refractivity contribution < 1.29 is 13.9 Å². The van der Waals surface area contributed by atoms with Crippen molar-refractivity contribution in [3.63, 3.8) is 0 Å². The second-order valence-electron chi connectivity index (χ2n) is 7.47. The van der Waals surface area contributed by atoms with Gasteiger partial charge in [0.1, 0.15) is 5.82 Å². The molecule has 0 aromatic heterocycles. The van der Waals surface area contributed by atoms with E-state index < -0.39 is 0 Å². The van der Waals surface area contributed by atoms with Gasteiger partial charge in [-0.3, -0.25) is 9.89 Å². The monoisotopic (exact) mass is 520 g/mol. The lowest BCUT2D eigenvalue weighted by atomic mass is 10.0. The first-order valence-corrected chi connectivity index (χ1v) is 10.4. The van der Waals surface area contributed by atoms with Gasteiger partial charge in [0.15, 0.2) is 5.96 Å². The molecule has 1 atom stereocenters. The van der Waals surface area contributed by atoms with Crippen LogP contribution >= 0.6 is 24.0 Å². The minimum absolute atomic E-state index is 0. The maximum atomic E-state index is 13.3. The summed E-state index contributed by atoms with van der Waals surface area (Å²) in [5, 5.41) is 6.77. The second kappa shape index (κ2) is 13.4. The number of nitrogens with one attached hydrogen (secondary N) is 2. The van der Waals surface area contributed by atoms with Crippen molar-refractivity contribution in [2.45, 2.75) is 25.3 Å². The van der Waals surface area contributed by atoms with E-state index in [0.717, 1.165) is 69.9 Å². The second-order valence-corrected chi connectivity index (χ2v) is 7.47. The van der Waals surface area contributed by atoms with Crippen LogP contribution in [0.15, 0.2) is 29.3 Å². The first-order chi connectivity index (χ1) is 13.8. The predicted octanol–water partition coefficient (Wildman–Crippen LogP) is 2.80. The molecule has 1 aliphatic carbocycles. The van der Waals surface area contributed by atoms with E-state index in [2.05, 4.69) is 20.5 Å². The molecule has 2 N–H and O–H groups in total. The van der Waals surface area contributed by atoms with Gasteiger partial charge < -0.3 is 20.1 Å². The molecular weight excluding hydrogens is 486 g/mol. The van der Waals surface area contributed by atoms with Gasteiger partial charge in [-0.05, 0) is 42.9 Å². The number of rotatable bonds is 10. The Kier molecular flexibility index (Phi) is 11.2. The van der Waals surface area contributed by atoms with Gasteiger partial charge in [0.05, 0.1) is 19.3 Å². The normalized spacial score (nSPS) is 18.8. The van der Waals surface area contributed by atoms with Crippen molar-refractivity contribution in [1.29, 1.82) is 0 Å². The highest BCUT2D eigenvalue weighted by Gasteiger charge is 2.23. The van der Waals surface area contributed by atoms with Gasteiger partial charge in [0.2, 0.25) is 0 Å². The van der Waals surface area contributed by atoms with E-state index in [1.165, 1.54) is 25.0 Å². The smallest absolute Gasteiger partial charge is 0.191 e. The fourth-order valence-electron chi connectivity index (χ4n) is 3.36. The van der Waals surface area contributed by atoms with Gasteiger partial charge in [0.25, 0.3) is 0 Å². The Bertz CT molecular complexity index is 607. The van der Waals surface area contributed by atoms with Gasteiger partial charge in [-0.15, -0.1) is 24.0 Å². The average Bonchev–Trinajstić information content (AvgIpc) is 3.55. The highest BCUT2D eigenvalue weighted by molar-refractivity contribution is 14.0. The molecule has 0 bridgehead atoms. The minimum atomic E-state index is -0.209. The number of benzene rings is 1. The summed E-state index contributed by atoms with van der Waals surface area (Å²) in [6, 6.07) is 6.93. The van der Waals surface area contributed by atoms with Crippen LogP contribution in [0.3, 0.4) is 0 Å². The highest BCUT2D eigenvalue weighted by atomic mass is 127. The number of aliphatic imine (C=N–C) groups is 1. The van der Waals surface area contributed by atoms with Crippen LogP contribution < -0.4 is 10.6 Å². The number of halogens is 2. The zero-order valence-electron chi connectivity index (χ0n) is 17.2. The molecule has 1 aliphatic heterocycles. The minimum Gasteiger partial charge on any atom is -0.381 e. The lowest BCUT2D eigenvalue weighted by Gasteiger charge is -2.35. The van der Waals surface area contributed by atoms with Crippen LogP contribution in [0.1, 0.15) is 30.9 Å². The van der Waals surface area contributed by atoms with Crippen LogP contribution in [0.5, 0.6) is 0 Å². The summed E-state index contributed by atoms with van der Waals surface area (Å²) < 4.78 is 24.5. The molecule has 1 unspecified atom stereocenters. The van der Waals surface area contributed by atoms with Crippen molar-refractivity contribution in [3.05, 3.63) is 35.6 Å². The third-order valence-electron chi connectivity index (χ3n) is 5.24. The fraction of sp³-hybridized carbons (Fsp3) is 0.667. The standard InChI is InChI=1S/C21H33FN4O2.HI/c1-23-21(24-9-2-12-28-16-17-3-4-17)25-15-20(26-10-13-27-14-11-26)18-5-7-19(22)8-6-18;/h5-8,17,20H,2-4,9-16H2,1H3,(H2,23,24,25);1H. The van der Waals surface area contributed by atoms with Crippen LogP contribution in [0.2, 0.25) is 0 Å². The molecule has 1 aromatic carbocycles. The summed E-state index contributed by atoms with van der Waals surface area (Å²) in [6.45, 7) is 6.41. The van der Waals surface area contributed by atoms with Crippen LogP contribution in [-0.2, 0) is 9.47 Å². The fourth-order valence-corrected chi connectivity index (χ4v) is 3.36. The maximum Gasteiger partial charge on any atom is 0.191 e. The predicted molar refractivity (Wildman–Crippen MR) is 124 cm³/mol. The molecule has 0 radical (unpaired) electrons. The molecule has 1 heterocycles. The Morgan fingerprint density at radius 2 is 1.97 bits per heavy atom.